The minimum Gasteiger partial charge on any atom is -0.481 e. The number of carboxylic acid groups (broad SMARTS) is 1. The number of rotatable bonds is 7. The number of carbonyl (C=O) groups is 2. The lowest BCUT2D eigenvalue weighted by molar-refractivity contribution is -0.141. The van der Waals surface area contributed by atoms with Gasteiger partial charge in [0.1, 0.15) is 0 Å². The van der Waals surface area contributed by atoms with Crippen LogP contribution in [0.15, 0.2) is 0 Å². The molecule has 0 aromatic rings. The number of carbonyl (C=O) groups excluding carboxylic acids is 1. The molecular weight excluding hydrogens is 280 g/mol. The van der Waals surface area contributed by atoms with Crippen LogP contribution in [-0.2, 0) is 4.79 Å². The van der Waals surface area contributed by atoms with Crippen molar-refractivity contribution >= 4 is 23.8 Å². The first-order valence-corrected chi connectivity index (χ1v) is 8.02. The van der Waals surface area contributed by atoms with Gasteiger partial charge in [-0.15, -0.1) is 0 Å². The number of amides is 2. The van der Waals surface area contributed by atoms with Crippen LogP contribution in [0.4, 0.5) is 4.79 Å². The van der Waals surface area contributed by atoms with E-state index in [9.17, 15) is 14.7 Å². The van der Waals surface area contributed by atoms with Crippen molar-refractivity contribution in [2.45, 2.75) is 49.4 Å². The summed E-state index contributed by atoms with van der Waals surface area (Å²) in [7, 11) is 0. The minimum absolute atomic E-state index is 0.0859. The van der Waals surface area contributed by atoms with Crippen LogP contribution < -0.4 is 10.6 Å². The topological polar surface area (TPSA) is 98.7 Å². The van der Waals surface area contributed by atoms with Crippen molar-refractivity contribution in [3.63, 3.8) is 0 Å². The average molecular weight is 304 g/mol. The van der Waals surface area contributed by atoms with Gasteiger partial charge in [-0.05, 0) is 26.0 Å². The second-order valence-corrected chi connectivity index (χ2v) is 6.97. The van der Waals surface area contributed by atoms with Gasteiger partial charge < -0.3 is 20.8 Å². The number of aliphatic carboxylic acids is 1. The van der Waals surface area contributed by atoms with E-state index in [4.69, 9.17) is 5.11 Å². The van der Waals surface area contributed by atoms with E-state index in [2.05, 4.69) is 16.9 Å². The molecule has 2 amide bonds. The van der Waals surface area contributed by atoms with Gasteiger partial charge in [-0.2, -0.15) is 11.8 Å². The molecule has 20 heavy (non-hydrogen) atoms. The largest absolute Gasteiger partial charge is 0.481 e. The van der Waals surface area contributed by atoms with E-state index < -0.39 is 18.0 Å². The molecule has 0 aliphatic heterocycles. The molecule has 1 aliphatic carbocycles. The lowest BCUT2D eigenvalue weighted by Gasteiger charge is -2.27. The molecule has 116 valence electrons. The van der Waals surface area contributed by atoms with Crippen LogP contribution in [-0.4, -0.2) is 51.9 Å². The SMILES string of the molecule is CSC1(CNC(=O)NCC(C)(O)CC(=O)O)CCCC1. The quantitative estimate of drug-likeness (QED) is 0.566. The van der Waals surface area contributed by atoms with Crippen molar-refractivity contribution in [1.82, 2.24) is 10.6 Å². The van der Waals surface area contributed by atoms with Crippen molar-refractivity contribution < 1.29 is 19.8 Å². The molecule has 0 saturated heterocycles. The molecule has 0 bridgehead atoms. The molecule has 0 radical (unpaired) electrons. The summed E-state index contributed by atoms with van der Waals surface area (Å²) >= 11 is 1.78. The summed E-state index contributed by atoms with van der Waals surface area (Å²) in [6.45, 7) is 1.90. The van der Waals surface area contributed by atoms with Crippen LogP contribution >= 0.6 is 11.8 Å². The second-order valence-electron chi connectivity index (χ2n) is 5.70. The molecule has 1 saturated carbocycles. The van der Waals surface area contributed by atoms with Gasteiger partial charge >= 0.3 is 12.0 Å². The van der Waals surface area contributed by atoms with Crippen molar-refractivity contribution in [2.24, 2.45) is 0 Å². The number of nitrogens with one attached hydrogen (secondary N) is 2. The molecule has 1 fully saturated rings. The summed E-state index contributed by atoms with van der Waals surface area (Å²) in [4.78, 5) is 22.2. The molecule has 1 rings (SSSR count). The smallest absolute Gasteiger partial charge is 0.314 e. The second kappa shape index (κ2) is 7.17. The first kappa shape index (κ1) is 17.1. The highest BCUT2D eigenvalue weighted by molar-refractivity contribution is 8.00. The van der Waals surface area contributed by atoms with E-state index in [0.29, 0.717) is 6.54 Å². The van der Waals surface area contributed by atoms with Crippen molar-refractivity contribution in [3.8, 4) is 0 Å². The maximum Gasteiger partial charge on any atom is 0.314 e. The van der Waals surface area contributed by atoms with Crippen LogP contribution in [0, 0.1) is 0 Å². The highest BCUT2D eigenvalue weighted by Gasteiger charge is 2.33. The summed E-state index contributed by atoms with van der Waals surface area (Å²) in [5.74, 6) is -1.09. The monoisotopic (exact) mass is 304 g/mol. The third-order valence-corrected chi connectivity index (χ3v) is 5.10. The third kappa shape index (κ3) is 5.58. The number of hydrogen-bond donors (Lipinski definition) is 4. The predicted molar refractivity (Wildman–Crippen MR) is 79.0 cm³/mol. The summed E-state index contributed by atoms with van der Waals surface area (Å²) in [5.41, 5.74) is -1.44. The van der Waals surface area contributed by atoms with Gasteiger partial charge in [0.05, 0.1) is 12.0 Å². The third-order valence-electron chi connectivity index (χ3n) is 3.68. The molecule has 1 aliphatic rings. The standard InChI is InChI=1S/C13H24N2O4S/c1-12(19,7-10(16)17)8-14-11(18)15-9-13(20-2)5-3-4-6-13/h19H,3-9H2,1-2H3,(H,16,17)(H2,14,15,18). The average Bonchev–Trinajstić information content (AvgIpc) is 2.82. The lowest BCUT2D eigenvalue weighted by Crippen LogP contribution is -2.48. The Hall–Kier alpha value is -0.950. The molecule has 0 spiro atoms. The maximum absolute atomic E-state index is 11.7. The van der Waals surface area contributed by atoms with Gasteiger partial charge in [0.25, 0.3) is 0 Å². The summed E-state index contributed by atoms with van der Waals surface area (Å²) in [6.07, 6.45) is 6.25. The molecular formula is C13H24N2O4S. The van der Waals surface area contributed by atoms with E-state index in [-0.39, 0.29) is 17.3 Å². The number of carboxylic acids is 1. The van der Waals surface area contributed by atoms with Crippen molar-refractivity contribution in [1.29, 1.82) is 0 Å². The van der Waals surface area contributed by atoms with Crippen molar-refractivity contribution in [3.05, 3.63) is 0 Å². The molecule has 0 aromatic carbocycles. The van der Waals surface area contributed by atoms with Crippen LogP contribution in [0.25, 0.3) is 0 Å². The predicted octanol–water partition coefficient (Wildman–Crippen LogP) is 1.19. The van der Waals surface area contributed by atoms with Crippen molar-refractivity contribution in [2.75, 3.05) is 19.3 Å². The maximum atomic E-state index is 11.7. The van der Waals surface area contributed by atoms with Crippen LogP contribution in [0.3, 0.4) is 0 Å². The molecule has 6 nitrogen and oxygen atoms in total. The van der Waals surface area contributed by atoms with Crippen LogP contribution in [0.5, 0.6) is 0 Å². The van der Waals surface area contributed by atoms with E-state index in [1.807, 2.05) is 0 Å². The first-order valence-electron chi connectivity index (χ1n) is 6.80. The Morgan fingerprint density at radius 3 is 2.40 bits per heavy atom. The van der Waals surface area contributed by atoms with Gasteiger partial charge in [0.15, 0.2) is 0 Å². The first-order chi connectivity index (χ1) is 9.29. The Labute approximate surface area is 123 Å². The van der Waals surface area contributed by atoms with Crippen LogP contribution in [0.2, 0.25) is 0 Å². The minimum atomic E-state index is -1.44. The zero-order chi connectivity index (χ0) is 15.2. The Morgan fingerprint density at radius 1 is 1.30 bits per heavy atom. The molecule has 7 heteroatoms. The fourth-order valence-corrected chi connectivity index (χ4v) is 3.35. The van der Waals surface area contributed by atoms with Crippen LogP contribution in [0.1, 0.15) is 39.0 Å². The van der Waals surface area contributed by atoms with Gasteiger partial charge in [-0.25, -0.2) is 4.79 Å². The van der Waals surface area contributed by atoms with E-state index in [1.54, 1.807) is 11.8 Å². The van der Waals surface area contributed by atoms with E-state index >= 15 is 0 Å². The van der Waals surface area contributed by atoms with Gasteiger partial charge in [-0.3, -0.25) is 4.79 Å². The Kier molecular flexibility index (Phi) is 6.13. The number of aliphatic hydroxyl groups is 1. The molecule has 0 aromatic heterocycles. The van der Waals surface area contributed by atoms with Gasteiger partial charge in [-0.1, -0.05) is 12.8 Å². The fourth-order valence-electron chi connectivity index (χ4n) is 2.44. The summed E-state index contributed by atoms with van der Waals surface area (Å²) in [5, 5.41) is 23.8. The molecule has 0 heterocycles. The zero-order valence-corrected chi connectivity index (χ0v) is 12.9. The normalized spacial score (nSPS) is 20.1. The zero-order valence-electron chi connectivity index (χ0n) is 12.1. The highest BCUT2D eigenvalue weighted by atomic mass is 32.2. The highest BCUT2D eigenvalue weighted by Crippen LogP contribution is 2.39. The fraction of sp³-hybridized carbons (Fsp3) is 0.846. The Balaban J connectivity index is 2.31. The number of urea groups is 1. The Morgan fingerprint density at radius 2 is 1.90 bits per heavy atom. The number of thioether (sulfide) groups is 1. The number of hydrogen-bond acceptors (Lipinski definition) is 4. The Bertz CT molecular complexity index is 354. The van der Waals surface area contributed by atoms with E-state index in [1.165, 1.54) is 19.8 Å². The van der Waals surface area contributed by atoms with Gasteiger partial charge in [0.2, 0.25) is 0 Å². The van der Waals surface area contributed by atoms with E-state index in [0.717, 1.165) is 12.8 Å². The summed E-state index contributed by atoms with van der Waals surface area (Å²) < 4.78 is 0.126. The van der Waals surface area contributed by atoms with Gasteiger partial charge in [0, 0.05) is 17.8 Å². The lowest BCUT2D eigenvalue weighted by atomic mass is 10.0. The molecule has 4 N–H and O–H groups in total. The summed E-state index contributed by atoms with van der Waals surface area (Å²) in [6, 6.07) is -0.365. The molecule has 1 unspecified atom stereocenters. The molecule has 1 atom stereocenters.